The lowest BCUT2D eigenvalue weighted by atomic mass is 9.77. The Bertz CT molecular complexity index is 919. The second kappa shape index (κ2) is 4.77. The summed E-state index contributed by atoms with van der Waals surface area (Å²) >= 11 is 0. The molecule has 0 fully saturated rings. The first-order chi connectivity index (χ1) is 10.7. The summed E-state index contributed by atoms with van der Waals surface area (Å²) in [4.78, 5) is 0. The van der Waals surface area contributed by atoms with Gasteiger partial charge in [0.1, 0.15) is 6.07 Å². The number of nitrogens with two attached hydrogens (primary N) is 1. The second-order valence-corrected chi connectivity index (χ2v) is 4.97. The molecular formula is C18H10N4. The Morgan fingerprint density at radius 2 is 1.32 bits per heavy atom. The third kappa shape index (κ3) is 1.54. The topological polar surface area (TPSA) is 97.4 Å². The summed E-state index contributed by atoms with van der Waals surface area (Å²) in [5.74, 6) is 0. The molecule has 4 nitrogen and oxygen atoms in total. The van der Waals surface area contributed by atoms with Crippen LogP contribution >= 0.6 is 0 Å². The number of hydrogen-bond donors (Lipinski definition) is 1. The van der Waals surface area contributed by atoms with Crippen LogP contribution < -0.4 is 5.73 Å². The molecule has 0 bridgehead atoms. The third-order valence-electron chi connectivity index (χ3n) is 3.94. The van der Waals surface area contributed by atoms with Gasteiger partial charge in [-0.1, -0.05) is 48.5 Å². The highest BCUT2D eigenvalue weighted by atomic mass is 14.7. The van der Waals surface area contributed by atoms with E-state index in [0.29, 0.717) is 11.1 Å². The Morgan fingerprint density at radius 1 is 0.773 bits per heavy atom. The molecule has 1 aliphatic rings. The van der Waals surface area contributed by atoms with E-state index in [9.17, 15) is 15.8 Å². The first-order valence-electron chi connectivity index (χ1n) is 6.61. The Balaban J connectivity index is 2.59. The van der Waals surface area contributed by atoms with E-state index in [1.54, 1.807) is 24.3 Å². The van der Waals surface area contributed by atoms with Crippen LogP contribution in [0.25, 0.3) is 16.7 Å². The number of hydrogen-bond acceptors (Lipinski definition) is 4. The van der Waals surface area contributed by atoms with Crippen LogP contribution in [0.5, 0.6) is 0 Å². The molecule has 0 saturated carbocycles. The van der Waals surface area contributed by atoms with E-state index >= 15 is 0 Å². The van der Waals surface area contributed by atoms with Crippen molar-refractivity contribution in [3.63, 3.8) is 0 Å². The average Bonchev–Trinajstić information content (AvgIpc) is 2.66. The van der Waals surface area contributed by atoms with Crippen molar-refractivity contribution in [1.82, 2.24) is 0 Å². The number of nitrogens with zero attached hydrogens (tertiary/aromatic N) is 3. The summed E-state index contributed by atoms with van der Waals surface area (Å²) in [6.45, 7) is 0. The molecule has 0 amide bonds. The lowest BCUT2D eigenvalue weighted by molar-refractivity contribution is 0.818. The quantitative estimate of drug-likeness (QED) is 0.803. The maximum atomic E-state index is 9.68. The largest absolute Gasteiger partial charge is 0.398 e. The van der Waals surface area contributed by atoms with Crippen molar-refractivity contribution in [2.45, 2.75) is 5.41 Å². The van der Waals surface area contributed by atoms with Gasteiger partial charge in [0.25, 0.3) is 0 Å². The zero-order valence-electron chi connectivity index (χ0n) is 11.5. The van der Waals surface area contributed by atoms with Crippen molar-refractivity contribution in [1.29, 1.82) is 15.8 Å². The van der Waals surface area contributed by atoms with Crippen LogP contribution in [0.15, 0.2) is 54.2 Å². The van der Waals surface area contributed by atoms with Crippen molar-refractivity contribution in [2.75, 3.05) is 0 Å². The van der Waals surface area contributed by atoms with Crippen molar-refractivity contribution in [3.05, 3.63) is 65.4 Å². The molecule has 0 aliphatic heterocycles. The highest BCUT2D eigenvalue weighted by Crippen LogP contribution is 2.44. The molecular weight excluding hydrogens is 272 g/mol. The lowest BCUT2D eigenvalue weighted by Crippen LogP contribution is -2.30. The van der Waals surface area contributed by atoms with Gasteiger partial charge < -0.3 is 5.73 Å². The maximum absolute atomic E-state index is 9.68. The zero-order valence-corrected chi connectivity index (χ0v) is 11.5. The molecule has 1 aliphatic carbocycles. The second-order valence-electron chi connectivity index (χ2n) is 4.97. The van der Waals surface area contributed by atoms with Gasteiger partial charge in [-0.05, 0) is 11.1 Å². The van der Waals surface area contributed by atoms with Gasteiger partial charge in [0.15, 0.2) is 0 Å². The smallest absolute Gasteiger partial charge is 0.209 e. The summed E-state index contributed by atoms with van der Waals surface area (Å²) in [6, 6.07) is 20.5. The van der Waals surface area contributed by atoms with E-state index in [0.717, 1.165) is 11.1 Å². The Morgan fingerprint density at radius 3 is 1.91 bits per heavy atom. The number of nitriles is 3. The predicted octanol–water partition coefficient (Wildman–Crippen LogP) is 2.85. The minimum Gasteiger partial charge on any atom is -0.398 e. The van der Waals surface area contributed by atoms with Gasteiger partial charge in [-0.25, -0.2) is 0 Å². The molecule has 0 saturated heterocycles. The van der Waals surface area contributed by atoms with Gasteiger partial charge in [-0.15, -0.1) is 0 Å². The summed E-state index contributed by atoms with van der Waals surface area (Å²) in [5, 5.41) is 28.9. The summed E-state index contributed by atoms with van der Waals surface area (Å²) in [6.07, 6.45) is 0. The van der Waals surface area contributed by atoms with Crippen LogP contribution in [0.4, 0.5) is 0 Å². The first-order valence-corrected chi connectivity index (χ1v) is 6.61. The van der Waals surface area contributed by atoms with Crippen LogP contribution in [-0.4, -0.2) is 0 Å². The minimum atomic E-state index is -1.67. The Kier molecular flexibility index (Phi) is 2.92. The number of benzene rings is 2. The van der Waals surface area contributed by atoms with E-state index in [-0.39, 0.29) is 11.3 Å². The van der Waals surface area contributed by atoms with Crippen molar-refractivity contribution in [2.24, 2.45) is 5.73 Å². The van der Waals surface area contributed by atoms with Crippen molar-refractivity contribution >= 4 is 5.57 Å². The SMILES string of the molecule is N#CC1=C(N)C(C#N)(C#N)c2ccccc2-c2ccccc21. The monoisotopic (exact) mass is 282 g/mol. The van der Waals surface area contributed by atoms with Gasteiger partial charge in [-0.2, -0.15) is 15.8 Å². The standard InChI is InChI=1S/C18H10N4/c19-9-15-13-6-2-1-5-12(13)14-7-3-4-8-16(14)18(10-20,11-21)17(15)22/h1-8H,22H2. The molecule has 4 heteroatoms. The number of fused-ring (bicyclic) bond motifs is 3. The highest BCUT2D eigenvalue weighted by molar-refractivity contribution is 5.94. The molecule has 3 rings (SSSR count). The van der Waals surface area contributed by atoms with E-state index in [1.165, 1.54) is 0 Å². The molecule has 0 heterocycles. The third-order valence-corrected chi connectivity index (χ3v) is 3.94. The molecule has 0 atom stereocenters. The molecule has 0 aromatic heterocycles. The summed E-state index contributed by atoms with van der Waals surface area (Å²) in [5.41, 5.74) is 7.32. The van der Waals surface area contributed by atoms with Gasteiger partial charge in [-0.3, -0.25) is 0 Å². The maximum Gasteiger partial charge on any atom is 0.209 e. The van der Waals surface area contributed by atoms with Crippen LogP contribution in [-0.2, 0) is 5.41 Å². The van der Waals surface area contributed by atoms with Crippen molar-refractivity contribution < 1.29 is 0 Å². The van der Waals surface area contributed by atoms with E-state index < -0.39 is 5.41 Å². The zero-order chi connectivity index (χ0) is 15.7. The van der Waals surface area contributed by atoms with E-state index in [2.05, 4.69) is 6.07 Å². The van der Waals surface area contributed by atoms with E-state index in [4.69, 9.17) is 5.73 Å². The Labute approximate surface area is 128 Å². The molecule has 0 spiro atoms. The van der Waals surface area contributed by atoms with E-state index in [1.807, 2.05) is 36.4 Å². The van der Waals surface area contributed by atoms with Gasteiger partial charge in [0.2, 0.25) is 5.41 Å². The first kappa shape index (κ1) is 13.4. The molecule has 0 unspecified atom stereocenters. The van der Waals surface area contributed by atoms with Gasteiger partial charge in [0.05, 0.1) is 23.4 Å². The Hall–Kier alpha value is -3.55. The van der Waals surface area contributed by atoms with Crippen LogP contribution in [0.3, 0.4) is 0 Å². The highest BCUT2D eigenvalue weighted by Gasteiger charge is 2.42. The molecule has 2 aromatic rings. The fourth-order valence-electron chi connectivity index (χ4n) is 2.84. The predicted molar refractivity (Wildman–Crippen MR) is 81.5 cm³/mol. The molecule has 0 radical (unpaired) electrons. The minimum absolute atomic E-state index is 0.0163. The van der Waals surface area contributed by atoms with Gasteiger partial charge in [0, 0.05) is 11.1 Å². The molecule has 2 aromatic carbocycles. The van der Waals surface area contributed by atoms with Crippen LogP contribution in [0.2, 0.25) is 0 Å². The molecule has 2 N–H and O–H groups in total. The molecule has 22 heavy (non-hydrogen) atoms. The lowest BCUT2D eigenvalue weighted by Gasteiger charge is -2.21. The van der Waals surface area contributed by atoms with Crippen molar-refractivity contribution in [3.8, 4) is 29.3 Å². The van der Waals surface area contributed by atoms with Crippen LogP contribution in [0.1, 0.15) is 11.1 Å². The van der Waals surface area contributed by atoms with Gasteiger partial charge >= 0.3 is 0 Å². The summed E-state index contributed by atoms with van der Waals surface area (Å²) < 4.78 is 0. The summed E-state index contributed by atoms with van der Waals surface area (Å²) in [7, 11) is 0. The molecule has 102 valence electrons. The van der Waals surface area contributed by atoms with Crippen LogP contribution in [0, 0.1) is 34.0 Å². The fraction of sp³-hybridized carbons (Fsp3) is 0.0556. The fourth-order valence-corrected chi connectivity index (χ4v) is 2.84. The number of rotatable bonds is 0. The number of allylic oxidation sites excluding steroid dienone is 2. The average molecular weight is 282 g/mol. The normalized spacial score (nSPS) is 14.6.